The first-order valence-electron chi connectivity index (χ1n) is 7.82. The monoisotopic (exact) mass is 395 g/mol. The molecule has 0 aromatic carbocycles. The lowest BCUT2D eigenvalue weighted by Gasteiger charge is -2.34. The molecule has 20 heavy (non-hydrogen) atoms. The second-order valence-electron chi connectivity index (χ2n) is 6.39. The second-order valence-corrected chi connectivity index (χ2v) is 6.39. The molecule has 0 aromatic heterocycles. The first kappa shape index (κ1) is 18.0. The van der Waals surface area contributed by atoms with Crippen LogP contribution < -0.4 is 11.1 Å². The van der Waals surface area contributed by atoms with Crippen molar-refractivity contribution < 1.29 is 4.74 Å². The molecule has 1 aliphatic carbocycles. The molecule has 0 spiro atoms. The Morgan fingerprint density at radius 3 is 2.65 bits per heavy atom. The fraction of sp³-hybridized carbons (Fsp3) is 0.933. The Balaban J connectivity index is 0.00000200. The average Bonchev–Trinajstić information content (AvgIpc) is 2.34. The van der Waals surface area contributed by atoms with Gasteiger partial charge in [-0.15, -0.1) is 24.0 Å². The first-order chi connectivity index (χ1) is 9.16. The number of guanidine groups is 1. The molecule has 1 saturated heterocycles. The average molecular weight is 395 g/mol. The van der Waals surface area contributed by atoms with Crippen LogP contribution in [0.3, 0.4) is 0 Å². The third-order valence-corrected chi connectivity index (χ3v) is 4.44. The van der Waals surface area contributed by atoms with Gasteiger partial charge in [0.2, 0.25) is 0 Å². The van der Waals surface area contributed by atoms with Crippen molar-refractivity contribution in [3.63, 3.8) is 0 Å². The molecule has 4 nitrogen and oxygen atoms in total. The van der Waals surface area contributed by atoms with E-state index in [1.165, 1.54) is 25.7 Å². The van der Waals surface area contributed by atoms with Crippen molar-refractivity contribution in [3.8, 4) is 0 Å². The fourth-order valence-corrected chi connectivity index (χ4v) is 3.01. The number of ether oxygens (including phenoxy) is 1. The molecular weight excluding hydrogens is 365 g/mol. The molecule has 2 unspecified atom stereocenters. The molecule has 5 heteroatoms. The summed E-state index contributed by atoms with van der Waals surface area (Å²) in [4.78, 5) is 4.44. The van der Waals surface area contributed by atoms with Crippen molar-refractivity contribution in [1.82, 2.24) is 5.32 Å². The van der Waals surface area contributed by atoms with Gasteiger partial charge in [0, 0.05) is 25.6 Å². The van der Waals surface area contributed by atoms with Gasteiger partial charge in [-0.25, -0.2) is 0 Å². The summed E-state index contributed by atoms with van der Waals surface area (Å²) in [5.41, 5.74) is 5.94. The van der Waals surface area contributed by atoms with Crippen LogP contribution in [-0.2, 0) is 4.74 Å². The minimum atomic E-state index is 0. The zero-order valence-electron chi connectivity index (χ0n) is 12.8. The Kier molecular flexibility index (Phi) is 8.17. The molecule has 1 saturated carbocycles. The van der Waals surface area contributed by atoms with E-state index in [0.717, 1.165) is 32.0 Å². The Labute approximate surface area is 140 Å². The lowest BCUT2D eigenvalue weighted by Crippen LogP contribution is -2.43. The van der Waals surface area contributed by atoms with Crippen LogP contribution in [-0.4, -0.2) is 31.8 Å². The maximum absolute atomic E-state index is 5.94. The van der Waals surface area contributed by atoms with E-state index in [2.05, 4.69) is 24.2 Å². The lowest BCUT2D eigenvalue weighted by atomic mass is 9.86. The molecule has 0 radical (unpaired) electrons. The molecule has 0 aromatic rings. The predicted molar refractivity (Wildman–Crippen MR) is 94.6 cm³/mol. The third-order valence-electron chi connectivity index (χ3n) is 4.44. The fourth-order valence-electron chi connectivity index (χ4n) is 3.01. The van der Waals surface area contributed by atoms with Crippen LogP contribution >= 0.6 is 24.0 Å². The molecule has 1 heterocycles. The number of hydrogen-bond acceptors (Lipinski definition) is 2. The molecule has 2 aliphatic rings. The minimum Gasteiger partial charge on any atom is -0.378 e. The van der Waals surface area contributed by atoms with Crippen molar-refractivity contribution in [1.29, 1.82) is 0 Å². The number of hydrogen-bond donors (Lipinski definition) is 2. The van der Waals surface area contributed by atoms with Crippen LogP contribution in [0.1, 0.15) is 46.0 Å². The van der Waals surface area contributed by atoms with Crippen molar-refractivity contribution in [2.45, 2.75) is 52.1 Å². The van der Waals surface area contributed by atoms with Crippen LogP contribution in [0, 0.1) is 17.8 Å². The van der Waals surface area contributed by atoms with Crippen molar-refractivity contribution in [3.05, 3.63) is 0 Å². The summed E-state index contributed by atoms with van der Waals surface area (Å²) in [6.45, 7) is 7.16. The zero-order valence-corrected chi connectivity index (χ0v) is 15.1. The van der Waals surface area contributed by atoms with Crippen LogP contribution in [0.5, 0.6) is 0 Å². The number of nitrogens with one attached hydrogen (secondary N) is 1. The van der Waals surface area contributed by atoms with Gasteiger partial charge in [-0.1, -0.05) is 20.3 Å². The highest BCUT2D eigenvalue weighted by molar-refractivity contribution is 14.0. The number of nitrogens with two attached hydrogens (primary N) is 1. The molecule has 0 amide bonds. The number of aliphatic imine (C=N–C) groups is 1. The maximum atomic E-state index is 5.94. The van der Waals surface area contributed by atoms with E-state index in [0.29, 0.717) is 23.9 Å². The van der Waals surface area contributed by atoms with Gasteiger partial charge >= 0.3 is 0 Å². The number of nitrogens with zero attached hydrogens (tertiary/aromatic N) is 1. The number of rotatable bonds is 5. The molecular formula is C15H30IN3O. The largest absolute Gasteiger partial charge is 0.378 e. The SMILES string of the molecule is CC(C)C1OCCCC1CNC(N)=NCC1CCC1.I. The van der Waals surface area contributed by atoms with Crippen LogP contribution in [0.4, 0.5) is 0 Å². The summed E-state index contributed by atoms with van der Waals surface area (Å²) in [6, 6.07) is 0. The molecule has 2 fully saturated rings. The molecule has 2 rings (SSSR count). The van der Waals surface area contributed by atoms with E-state index in [1.807, 2.05) is 0 Å². The molecule has 0 bridgehead atoms. The Morgan fingerprint density at radius 2 is 2.05 bits per heavy atom. The van der Waals surface area contributed by atoms with Crippen LogP contribution in [0.2, 0.25) is 0 Å². The summed E-state index contributed by atoms with van der Waals surface area (Å²) in [7, 11) is 0. The van der Waals surface area contributed by atoms with E-state index in [4.69, 9.17) is 10.5 Å². The summed E-state index contributed by atoms with van der Waals surface area (Å²) in [5, 5.41) is 3.29. The molecule has 1 aliphatic heterocycles. The molecule has 3 N–H and O–H groups in total. The summed E-state index contributed by atoms with van der Waals surface area (Å²) in [6.07, 6.45) is 6.76. The van der Waals surface area contributed by atoms with Crippen LogP contribution in [0.15, 0.2) is 4.99 Å². The molecule has 2 atom stereocenters. The van der Waals surface area contributed by atoms with E-state index in [-0.39, 0.29) is 24.0 Å². The van der Waals surface area contributed by atoms with E-state index in [9.17, 15) is 0 Å². The van der Waals surface area contributed by atoms with E-state index < -0.39 is 0 Å². The maximum Gasteiger partial charge on any atom is 0.188 e. The Bertz CT molecular complexity index is 305. The Morgan fingerprint density at radius 1 is 1.30 bits per heavy atom. The molecule has 118 valence electrons. The topological polar surface area (TPSA) is 59.6 Å². The van der Waals surface area contributed by atoms with Gasteiger partial charge in [0.05, 0.1) is 6.10 Å². The van der Waals surface area contributed by atoms with Gasteiger partial charge in [0.25, 0.3) is 0 Å². The summed E-state index contributed by atoms with van der Waals surface area (Å²) >= 11 is 0. The summed E-state index contributed by atoms with van der Waals surface area (Å²) in [5.74, 6) is 2.52. The van der Waals surface area contributed by atoms with Gasteiger partial charge in [0.1, 0.15) is 0 Å². The minimum absolute atomic E-state index is 0. The quantitative estimate of drug-likeness (QED) is 0.428. The standard InChI is InChI=1S/C15H29N3O.HI/c1-11(2)14-13(7-4-8-19-14)10-18-15(16)17-9-12-5-3-6-12;/h11-14H,3-10H2,1-2H3,(H3,16,17,18);1H. The van der Waals surface area contributed by atoms with E-state index >= 15 is 0 Å². The first-order valence-corrected chi connectivity index (χ1v) is 7.82. The highest BCUT2D eigenvalue weighted by Crippen LogP contribution is 2.26. The Hall–Kier alpha value is -0.0400. The van der Waals surface area contributed by atoms with Gasteiger partial charge in [-0.3, -0.25) is 4.99 Å². The highest BCUT2D eigenvalue weighted by atomic mass is 127. The zero-order chi connectivity index (χ0) is 13.7. The van der Waals surface area contributed by atoms with E-state index in [1.54, 1.807) is 0 Å². The smallest absolute Gasteiger partial charge is 0.188 e. The highest BCUT2D eigenvalue weighted by Gasteiger charge is 2.28. The van der Waals surface area contributed by atoms with Gasteiger partial charge in [-0.2, -0.15) is 0 Å². The predicted octanol–water partition coefficient (Wildman–Crippen LogP) is 2.76. The van der Waals surface area contributed by atoms with Crippen LogP contribution in [0.25, 0.3) is 0 Å². The van der Waals surface area contributed by atoms with Gasteiger partial charge in [0.15, 0.2) is 5.96 Å². The van der Waals surface area contributed by atoms with Crippen molar-refractivity contribution in [2.24, 2.45) is 28.5 Å². The van der Waals surface area contributed by atoms with Crippen molar-refractivity contribution in [2.75, 3.05) is 19.7 Å². The van der Waals surface area contributed by atoms with Gasteiger partial charge in [-0.05, 0) is 37.5 Å². The van der Waals surface area contributed by atoms with Crippen molar-refractivity contribution >= 4 is 29.9 Å². The second kappa shape index (κ2) is 9.07. The van der Waals surface area contributed by atoms with Gasteiger partial charge < -0.3 is 15.8 Å². The lowest BCUT2D eigenvalue weighted by molar-refractivity contribution is -0.0504. The third kappa shape index (κ3) is 5.39. The number of halogens is 1. The summed E-state index contributed by atoms with van der Waals surface area (Å²) < 4.78 is 5.89. The normalized spacial score (nSPS) is 27.9.